The van der Waals surface area contributed by atoms with Crippen LogP contribution in [-0.4, -0.2) is 20.4 Å². The average Bonchev–Trinajstić information content (AvgIpc) is 2.88. The molecule has 14 heavy (non-hydrogen) atoms. The Labute approximate surface area is 80.0 Å². The summed E-state index contributed by atoms with van der Waals surface area (Å²) in [4.78, 5) is 0. The number of aromatic amines is 2. The van der Waals surface area contributed by atoms with Crippen molar-refractivity contribution >= 4 is 10.9 Å². The topological polar surface area (TPSA) is 57.4 Å². The SMILES string of the molecule is c1cc(-c2cn[nH]c2)c2cn[nH]c2c1. The third kappa shape index (κ3) is 0.939. The van der Waals surface area contributed by atoms with Crippen molar-refractivity contribution in [2.75, 3.05) is 0 Å². The van der Waals surface area contributed by atoms with Gasteiger partial charge in [-0.25, -0.2) is 0 Å². The van der Waals surface area contributed by atoms with E-state index in [1.807, 2.05) is 30.7 Å². The van der Waals surface area contributed by atoms with Crippen LogP contribution in [0.5, 0.6) is 0 Å². The predicted octanol–water partition coefficient (Wildman–Crippen LogP) is 1.95. The average molecular weight is 184 g/mol. The largest absolute Gasteiger partial charge is 0.285 e. The van der Waals surface area contributed by atoms with Gasteiger partial charge < -0.3 is 0 Å². The number of hydrogen-bond donors (Lipinski definition) is 2. The van der Waals surface area contributed by atoms with Crippen molar-refractivity contribution < 1.29 is 0 Å². The fourth-order valence-electron chi connectivity index (χ4n) is 1.62. The van der Waals surface area contributed by atoms with Gasteiger partial charge in [-0.2, -0.15) is 10.2 Å². The summed E-state index contributed by atoms with van der Waals surface area (Å²) in [6, 6.07) is 6.07. The highest BCUT2D eigenvalue weighted by Gasteiger charge is 2.04. The van der Waals surface area contributed by atoms with E-state index in [-0.39, 0.29) is 0 Å². The number of fused-ring (bicyclic) bond motifs is 1. The normalized spacial score (nSPS) is 10.9. The van der Waals surface area contributed by atoms with Crippen molar-refractivity contribution in [3.05, 3.63) is 36.8 Å². The van der Waals surface area contributed by atoms with E-state index in [0.29, 0.717) is 0 Å². The summed E-state index contributed by atoms with van der Waals surface area (Å²) in [6.45, 7) is 0. The molecule has 0 aliphatic rings. The second kappa shape index (κ2) is 2.70. The number of aromatic nitrogens is 4. The van der Waals surface area contributed by atoms with Crippen molar-refractivity contribution in [1.29, 1.82) is 0 Å². The minimum Gasteiger partial charge on any atom is -0.285 e. The summed E-state index contributed by atoms with van der Waals surface area (Å²) in [5.74, 6) is 0. The van der Waals surface area contributed by atoms with Crippen LogP contribution < -0.4 is 0 Å². The van der Waals surface area contributed by atoms with Gasteiger partial charge in [-0.3, -0.25) is 10.2 Å². The Kier molecular flexibility index (Phi) is 1.41. The van der Waals surface area contributed by atoms with Crippen LogP contribution in [0.4, 0.5) is 0 Å². The van der Waals surface area contributed by atoms with Crippen LogP contribution in [0, 0.1) is 0 Å². The third-order valence-electron chi connectivity index (χ3n) is 2.29. The third-order valence-corrected chi connectivity index (χ3v) is 2.29. The van der Waals surface area contributed by atoms with Gasteiger partial charge in [-0.1, -0.05) is 12.1 Å². The number of nitrogens with zero attached hydrogens (tertiary/aromatic N) is 2. The van der Waals surface area contributed by atoms with Crippen LogP contribution in [0.2, 0.25) is 0 Å². The van der Waals surface area contributed by atoms with Crippen LogP contribution in [-0.2, 0) is 0 Å². The van der Waals surface area contributed by atoms with E-state index < -0.39 is 0 Å². The Bertz CT molecular complexity index is 550. The molecule has 2 N–H and O–H groups in total. The van der Waals surface area contributed by atoms with E-state index in [9.17, 15) is 0 Å². The van der Waals surface area contributed by atoms with Gasteiger partial charge in [0.2, 0.25) is 0 Å². The van der Waals surface area contributed by atoms with Crippen molar-refractivity contribution in [3.63, 3.8) is 0 Å². The van der Waals surface area contributed by atoms with E-state index in [1.54, 1.807) is 0 Å². The lowest BCUT2D eigenvalue weighted by Gasteiger charge is -1.97. The highest BCUT2D eigenvalue weighted by atomic mass is 15.1. The Hall–Kier alpha value is -2.10. The molecule has 0 fully saturated rings. The maximum Gasteiger partial charge on any atom is 0.0656 e. The molecule has 0 atom stereocenters. The molecule has 2 aromatic heterocycles. The van der Waals surface area contributed by atoms with Crippen molar-refractivity contribution in [1.82, 2.24) is 20.4 Å². The van der Waals surface area contributed by atoms with E-state index >= 15 is 0 Å². The van der Waals surface area contributed by atoms with Gasteiger partial charge in [-0.15, -0.1) is 0 Å². The first kappa shape index (κ1) is 7.32. The molecule has 0 aliphatic carbocycles. The standard InChI is InChI=1S/C10H8N4/c1-2-8(7-4-11-12-5-7)9-6-13-14-10(9)3-1/h1-6H,(H,11,12)(H,13,14). The quantitative estimate of drug-likeness (QED) is 0.607. The Morgan fingerprint density at radius 3 is 2.93 bits per heavy atom. The van der Waals surface area contributed by atoms with E-state index in [2.05, 4.69) is 26.5 Å². The maximum absolute atomic E-state index is 4.02. The zero-order valence-electron chi connectivity index (χ0n) is 7.36. The van der Waals surface area contributed by atoms with Crippen molar-refractivity contribution in [2.45, 2.75) is 0 Å². The highest BCUT2D eigenvalue weighted by Crippen LogP contribution is 2.25. The molecule has 0 radical (unpaired) electrons. The molecule has 3 rings (SSSR count). The number of nitrogens with one attached hydrogen (secondary N) is 2. The van der Waals surface area contributed by atoms with Crippen LogP contribution in [0.3, 0.4) is 0 Å². The molecule has 0 amide bonds. The van der Waals surface area contributed by atoms with Gasteiger partial charge in [0, 0.05) is 17.1 Å². The fourth-order valence-corrected chi connectivity index (χ4v) is 1.62. The highest BCUT2D eigenvalue weighted by molar-refractivity contribution is 5.93. The van der Waals surface area contributed by atoms with Gasteiger partial charge in [0.25, 0.3) is 0 Å². The van der Waals surface area contributed by atoms with Crippen LogP contribution >= 0.6 is 0 Å². The Balaban J connectivity index is 2.36. The van der Waals surface area contributed by atoms with Gasteiger partial charge >= 0.3 is 0 Å². The Morgan fingerprint density at radius 1 is 1.07 bits per heavy atom. The van der Waals surface area contributed by atoms with E-state index in [0.717, 1.165) is 22.0 Å². The number of H-pyrrole nitrogens is 2. The molecule has 0 saturated heterocycles. The summed E-state index contributed by atoms with van der Waals surface area (Å²) < 4.78 is 0. The second-order valence-corrected chi connectivity index (χ2v) is 3.12. The zero-order valence-corrected chi connectivity index (χ0v) is 7.36. The fraction of sp³-hybridized carbons (Fsp3) is 0. The Morgan fingerprint density at radius 2 is 2.07 bits per heavy atom. The molecule has 0 unspecified atom stereocenters. The molecule has 3 aromatic rings. The summed E-state index contributed by atoms with van der Waals surface area (Å²) in [6.07, 6.45) is 5.52. The van der Waals surface area contributed by atoms with Gasteiger partial charge in [-0.05, 0) is 11.6 Å². The summed E-state index contributed by atoms with van der Waals surface area (Å²) >= 11 is 0. The zero-order chi connectivity index (χ0) is 9.38. The predicted molar refractivity (Wildman–Crippen MR) is 53.7 cm³/mol. The first-order valence-corrected chi connectivity index (χ1v) is 4.36. The molecule has 0 saturated carbocycles. The summed E-state index contributed by atoms with van der Waals surface area (Å²) in [5.41, 5.74) is 3.27. The minimum atomic E-state index is 1.05. The van der Waals surface area contributed by atoms with Gasteiger partial charge in [0.1, 0.15) is 0 Å². The van der Waals surface area contributed by atoms with Crippen LogP contribution in [0.25, 0.3) is 22.0 Å². The van der Waals surface area contributed by atoms with Crippen LogP contribution in [0.1, 0.15) is 0 Å². The van der Waals surface area contributed by atoms with Gasteiger partial charge in [0.15, 0.2) is 0 Å². The molecule has 0 spiro atoms. The lowest BCUT2D eigenvalue weighted by molar-refractivity contribution is 1.09. The molecule has 4 nitrogen and oxygen atoms in total. The molecule has 0 bridgehead atoms. The lowest BCUT2D eigenvalue weighted by Crippen LogP contribution is -1.75. The molecule has 0 aliphatic heterocycles. The van der Waals surface area contributed by atoms with E-state index in [4.69, 9.17) is 0 Å². The molecule has 2 heterocycles. The maximum atomic E-state index is 4.02. The smallest absolute Gasteiger partial charge is 0.0656 e. The first-order valence-electron chi connectivity index (χ1n) is 4.36. The van der Waals surface area contributed by atoms with Crippen LogP contribution in [0.15, 0.2) is 36.8 Å². The second-order valence-electron chi connectivity index (χ2n) is 3.12. The number of benzene rings is 1. The number of hydrogen-bond acceptors (Lipinski definition) is 2. The lowest BCUT2D eigenvalue weighted by atomic mass is 10.1. The summed E-state index contributed by atoms with van der Waals surface area (Å²) in [5, 5.41) is 14.8. The molecular weight excluding hydrogens is 176 g/mol. The summed E-state index contributed by atoms with van der Waals surface area (Å²) in [7, 11) is 0. The monoisotopic (exact) mass is 184 g/mol. The first-order chi connectivity index (χ1) is 6.95. The van der Waals surface area contributed by atoms with Gasteiger partial charge in [0.05, 0.1) is 17.9 Å². The van der Waals surface area contributed by atoms with Crippen molar-refractivity contribution in [3.8, 4) is 11.1 Å². The number of rotatable bonds is 1. The molecule has 4 heteroatoms. The molecule has 1 aromatic carbocycles. The molecular formula is C10H8N4. The van der Waals surface area contributed by atoms with Crippen molar-refractivity contribution in [2.24, 2.45) is 0 Å². The minimum absolute atomic E-state index is 1.05. The molecule has 68 valence electrons. The van der Waals surface area contributed by atoms with E-state index in [1.165, 1.54) is 0 Å².